The van der Waals surface area contributed by atoms with E-state index in [9.17, 15) is 31.5 Å². The fourth-order valence-electron chi connectivity index (χ4n) is 2.76. The molecule has 0 atom stereocenters. The van der Waals surface area contributed by atoms with Gasteiger partial charge in [0, 0.05) is 16.9 Å². The summed E-state index contributed by atoms with van der Waals surface area (Å²) >= 11 is 0.956. The second kappa shape index (κ2) is 10.5. The summed E-state index contributed by atoms with van der Waals surface area (Å²) in [5.74, 6) is -3.36. The van der Waals surface area contributed by atoms with Gasteiger partial charge in [-0.3, -0.25) is 9.59 Å². The fourth-order valence-corrected chi connectivity index (χ4v) is 3.79. The molecule has 0 fully saturated rings. The number of hydrogen-bond acceptors (Lipinski definition) is 6. The Morgan fingerprint density at radius 3 is 2.24 bits per heavy atom. The van der Waals surface area contributed by atoms with Gasteiger partial charge in [0.1, 0.15) is 33.8 Å². The number of ether oxygens (including phenoxy) is 2. The third-order valence-corrected chi connectivity index (χ3v) is 5.29. The number of rotatable bonds is 9. The van der Waals surface area contributed by atoms with E-state index in [4.69, 9.17) is 10.5 Å². The van der Waals surface area contributed by atoms with E-state index in [0.717, 1.165) is 35.6 Å². The maximum absolute atomic E-state index is 13.9. The third kappa shape index (κ3) is 6.88. The molecule has 0 bridgehead atoms. The molecule has 3 rings (SSSR count). The number of hydrogen-bond donors (Lipinski definition) is 2. The minimum Gasteiger partial charge on any atom is -0.484 e. The molecule has 13 heteroatoms. The Morgan fingerprint density at radius 2 is 1.65 bits per heavy atom. The molecule has 0 unspecified atom stereocenters. The molecular formula is C21H16F5N3O4S. The lowest BCUT2D eigenvalue weighted by molar-refractivity contribution is -0.274. The van der Waals surface area contributed by atoms with Gasteiger partial charge >= 0.3 is 6.36 Å². The van der Waals surface area contributed by atoms with Gasteiger partial charge in [0.25, 0.3) is 11.8 Å². The van der Waals surface area contributed by atoms with Gasteiger partial charge in [-0.2, -0.15) is 0 Å². The van der Waals surface area contributed by atoms with E-state index in [0.29, 0.717) is 0 Å². The number of thiazole rings is 1. The topological polar surface area (TPSA) is 104 Å². The van der Waals surface area contributed by atoms with Crippen molar-refractivity contribution in [2.24, 2.45) is 5.73 Å². The van der Waals surface area contributed by atoms with Crippen LogP contribution >= 0.6 is 11.3 Å². The zero-order valence-corrected chi connectivity index (χ0v) is 17.9. The standard InChI is InChI=1S/C21H16F5N3O4S/c22-14-2-1-3-15(23)13(14)8-16-19(20(27)31)29-18(34-16)9-28-17(30)10-32-11-4-6-12(7-5-11)33-21(24,25)26/h1-7H,8-10H2,(H2,27,31)(H,28,30). The molecule has 0 spiro atoms. The van der Waals surface area contributed by atoms with E-state index in [-0.39, 0.29) is 39.9 Å². The number of primary amides is 1. The second-order valence-electron chi connectivity index (χ2n) is 6.71. The SMILES string of the molecule is NC(=O)c1nc(CNC(=O)COc2ccc(OC(F)(F)F)cc2)sc1Cc1c(F)cccc1F. The van der Waals surface area contributed by atoms with Crippen LogP contribution in [0.2, 0.25) is 0 Å². The van der Waals surface area contributed by atoms with Crippen molar-refractivity contribution in [1.29, 1.82) is 0 Å². The van der Waals surface area contributed by atoms with Crippen LogP contribution in [0.25, 0.3) is 0 Å². The molecule has 1 aromatic heterocycles. The van der Waals surface area contributed by atoms with Gasteiger partial charge in [-0.05, 0) is 36.4 Å². The largest absolute Gasteiger partial charge is 0.573 e. The smallest absolute Gasteiger partial charge is 0.484 e. The highest BCUT2D eigenvalue weighted by atomic mass is 32.1. The molecule has 2 aromatic carbocycles. The summed E-state index contributed by atoms with van der Waals surface area (Å²) in [5.41, 5.74) is 4.91. The molecule has 34 heavy (non-hydrogen) atoms. The van der Waals surface area contributed by atoms with E-state index < -0.39 is 42.2 Å². The number of halogens is 5. The Hall–Kier alpha value is -3.74. The van der Waals surface area contributed by atoms with Gasteiger partial charge in [0.15, 0.2) is 6.61 Å². The molecule has 180 valence electrons. The van der Waals surface area contributed by atoms with Crippen LogP contribution in [0.1, 0.15) is 25.9 Å². The first-order chi connectivity index (χ1) is 16.0. The summed E-state index contributed by atoms with van der Waals surface area (Å²) in [6, 6.07) is 7.83. The van der Waals surface area contributed by atoms with Gasteiger partial charge in [-0.1, -0.05) is 6.07 Å². The number of carbonyl (C=O) groups is 2. The van der Waals surface area contributed by atoms with Crippen LogP contribution in [0.4, 0.5) is 22.0 Å². The zero-order valence-electron chi connectivity index (χ0n) is 17.1. The van der Waals surface area contributed by atoms with Crippen LogP contribution < -0.4 is 20.5 Å². The molecule has 0 radical (unpaired) electrons. The highest BCUT2D eigenvalue weighted by Gasteiger charge is 2.31. The molecule has 0 aliphatic rings. The lowest BCUT2D eigenvalue weighted by Crippen LogP contribution is -2.28. The summed E-state index contributed by atoms with van der Waals surface area (Å²) in [5, 5.41) is 2.75. The van der Waals surface area contributed by atoms with Gasteiger partial charge in [0.2, 0.25) is 0 Å². The number of nitrogens with two attached hydrogens (primary N) is 1. The van der Waals surface area contributed by atoms with Crippen LogP contribution in [0.3, 0.4) is 0 Å². The number of benzene rings is 2. The van der Waals surface area contributed by atoms with Gasteiger partial charge in [-0.25, -0.2) is 13.8 Å². The predicted molar refractivity (Wildman–Crippen MR) is 110 cm³/mol. The Kier molecular flexibility index (Phi) is 7.66. The van der Waals surface area contributed by atoms with E-state index in [1.54, 1.807) is 0 Å². The maximum atomic E-state index is 13.9. The van der Waals surface area contributed by atoms with Crippen molar-refractivity contribution in [2.45, 2.75) is 19.3 Å². The molecule has 3 N–H and O–H groups in total. The summed E-state index contributed by atoms with van der Waals surface area (Å²) in [6.07, 6.45) is -5.07. The number of aromatic nitrogens is 1. The predicted octanol–water partition coefficient (Wildman–Crippen LogP) is 3.70. The number of carbonyl (C=O) groups excluding carboxylic acids is 2. The highest BCUT2D eigenvalue weighted by Crippen LogP contribution is 2.26. The normalized spacial score (nSPS) is 11.2. The van der Waals surface area contributed by atoms with Crippen LogP contribution in [0.15, 0.2) is 42.5 Å². The monoisotopic (exact) mass is 501 g/mol. The molecule has 0 aliphatic heterocycles. The highest BCUT2D eigenvalue weighted by molar-refractivity contribution is 7.12. The molecule has 0 aliphatic carbocycles. The Morgan fingerprint density at radius 1 is 1.03 bits per heavy atom. The zero-order chi connectivity index (χ0) is 24.9. The van der Waals surface area contributed by atoms with Crippen molar-refractivity contribution in [2.75, 3.05) is 6.61 Å². The number of alkyl halides is 3. The van der Waals surface area contributed by atoms with Crippen molar-refractivity contribution in [3.63, 3.8) is 0 Å². The van der Waals surface area contributed by atoms with Crippen LogP contribution in [-0.4, -0.2) is 29.8 Å². The van der Waals surface area contributed by atoms with Crippen LogP contribution in [0, 0.1) is 11.6 Å². The Bertz CT molecular complexity index is 1160. The lowest BCUT2D eigenvalue weighted by atomic mass is 10.1. The van der Waals surface area contributed by atoms with E-state index >= 15 is 0 Å². The van der Waals surface area contributed by atoms with Crippen molar-refractivity contribution in [3.8, 4) is 11.5 Å². The molecule has 0 saturated carbocycles. The first-order valence-electron chi connectivity index (χ1n) is 9.48. The Labute approximate surface area is 193 Å². The summed E-state index contributed by atoms with van der Waals surface area (Å²) in [7, 11) is 0. The van der Waals surface area contributed by atoms with E-state index in [1.165, 1.54) is 18.2 Å². The van der Waals surface area contributed by atoms with Crippen molar-refractivity contribution in [3.05, 3.63) is 75.2 Å². The molecule has 1 heterocycles. The second-order valence-corrected chi connectivity index (χ2v) is 7.87. The minimum atomic E-state index is -4.82. The van der Waals surface area contributed by atoms with Crippen molar-refractivity contribution in [1.82, 2.24) is 10.3 Å². The van der Waals surface area contributed by atoms with E-state index in [1.807, 2.05) is 0 Å². The molecule has 3 aromatic rings. The fraction of sp³-hybridized carbons (Fsp3) is 0.190. The van der Waals surface area contributed by atoms with Crippen molar-refractivity contribution < 1.29 is 41.0 Å². The van der Waals surface area contributed by atoms with Gasteiger partial charge < -0.3 is 20.5 Å². The lowest BCUT2D eigenvalue weighted by Gasteiger charge is -2.10. The quantitative estimate of drug-likeness (QED) is 0.435. The average Bonchev–Trinajstić information content (AvgIpc) is 3.16. The summed E-state index contributed by atoms with van der Waals surface area (Å²) in [4.78, 5) is 28.0. The van der Waals surface area contributed by atoms with Crippen molar-refractivity contribution >= 4 is 23.2 Å². The molecule has 2 amide bonds. The number of amides is 2. The minimum absolute atomic E-state index is 0.120. The first-order valence-corrected chi connectivity index (χ1v) is 10.3. The first kappa shape index (κ1) is 24.9. The number of nitrogens with zero attached hydrogens (tertiary/aromatic N) is 1. The van der Waals surface area contributed by atoms with Gasteiger partial charge in [0.05, 0.1) is 6.54 Å². The van der Waals surface area contributed by atoms with Gasteiger partial charge in [-0.15, -0.1) is 24.5 Å². The molecule has 7 nitrogen and oxygen atoms in total. The number of nitrogens with one attached hydrogen (secondary N) is 1. The summed E-state index contributed by atoms with van der Waals surface area (Å²) in [6.45, 7) is -0.577. The third-order valence-electron chi connectivity index (χ3n) is 4.24. The maximum Gasteiger partial charge on any atom is 0.573 e. The molecule has 0 saturated heterocycles. The summed E-state index contributed by atoms with van der Waals surface area (Å²) < 4.78 is 73.3. The Balaban J connectivity index is 1.57. The average molecular weight is 501 g/mol. The van der Waals surface area contributed by atoms with Crippen LogP contribution in [-0.2, 0) is 17.8 Å². The molecular weight excluding hydrogens is 485 g/mol. The van der Waals surface area contributed by atoms with Crippen LogP contribution in [0.5, 0.6) is 11.5 Å². The van der Waals surface area contributed by atoms with E-state index in [2.05, 4.69) is 15.0 Å².